The molecule has 1 aliphatic rings. The average Bonchev–Trinajstić information content (AvgIpc) is 3.19. The molecule has 1 aromatic carbocycles. The van der Waals surface area contributed by atoms with Gasteiger partial charge in [-0.05, 0) is 38.1 Å². The predicted octanol–water partition coefficient (Wildman–Crippen LogP) is 1.58. The van der Waals surface area contributed by atoms with E-state index in [1.807, 2.05) is 23.6 Å². The lowest BCUT2D eigenvalue weighted by Crippen LogP contribution is -2.51. The summed E-state index contributed by atoms with van der Waals surface area (Å²) >= 11 is 0. The van der Waals surface area contributed by atoms with Gasteiger partial charge in [-0.1, -0.05) is 5.16 Å². The van der Waals surface area contributed by atoms with Crippen molar-refractivity contribution in [3.8, 4) is 5.75 Å². The molecule has 2 aromatic rings. The fraction of sp³-hybridized carbons (Fsp3) is 0.524. The molecule has 30 heavy (non-hydrogen) atoms. The summed E-state index contributed by atoms with van der Waals surface area (Å²) in [7, 11) is 0. The number of nitrogens with zero attached hydrogens (tertiary/aromatic N) is 5. The molecule has 1 aliphatic heterocycles. The molecule has 1 fully saturated rings. The van der Waals surface area contributed by atoms with Crippen LogP contribution in [0.5, 0.6) is 5.75 Å². The molecule has 0 unspecified atom stereocenters. The zero-order valence-corrected chi connectivity index (χ0v) is 17.8. The number of amides is 2. The summed E-state index contributed by atoms with van der Waals surface area (Å²) in [5.74, 6) is 1.74. The highest BCUT2D eigenvalue weighted by Crippen LogP contribution is 2.16. The van der Waals surface area contributed by atoms with Crippen LogP contribution in [-0.4, -0.2) is 82.5 Å². The van der Waals surface area contributed by atoms with Crippen molar-refractivity contribution in [2.75, 3.05) is 45.8 Å². The van der Waals surface area contributed by atoms with Crippen LogP contribution in [-0.2, 0) is 11.4 Å². The van der Waals surface area contributed by atoms with Gasteiger partial charge in [0, 0.05) is 51.8 Å². The van der Waals surface area contributed by atoms with Crippen molar-refractivity contribution in [3.05, 3.63) is 41.5 Å². The van der Waals surface area contributed by atoms with Gasteiger partial charge >= 0.3 is 0 Å². The van der Waals surface area contributed by atoms with Crippen molar-refractivity contribution in [2.45, 2.75) is 27.4 Å². The van der Waals surface area contributed by atoms with Crippen LogP contribution < -0.4 is 4.74 Å². The van der Waals surface area contributed by atoms with Gasteiger partial charge in [-0.25, -0.2) is 0 Å². The minimum atomic E-state index is -0.00920. The summed E-state index contributed by atoms with van der Waals surface area (Å²) < 4.78 is 10.5. The maximum absolute atomic E-state index is 12.8. The van der Waals surface area contributed by atoms with Crippen LogP contribution in [0.15, 0.2) is 28.8 Å². The lowest BCUT2D eigenvalue weighted by Gasteiger charge is -2.35. The quantitative estimate of drug-likeness (QED) is 0.646. The van der Waals surface area contributed by atoms with Gasteiger partial charge in [-0.2, -0.15) is 4.98 Å². The van der Waals surface area contributed by atoms with E-state index in [2.05, 4.69) is 15.0 Å². The van der Waals surface area contributed by atoms with Gasteiger partial charge in [0.1, 0.15) is 5.75 Å². The Kier molecular flexibility index (Phi) is 7.40. The van der Waals surface area contributed by atoms with Crippen LogP contribution in [0, 0.1) is 6.92 Å². The topological polar surface area (TPSA) is 92.0 Å². The number of aryl methyl sites for hydroxylation is 1. The summed E-state index contributed by atoms with van der Waals surface area (Å²) in [4.78, 5) is 34.9. The van der Waals surface area contributed by atoms with E-state index in [-0.39, 0.29) is 18.4 Å². The SMILES string of the molecule is CCN(CC)C(=O)CN1CCN(C(=O)c2ccc(OCc3noc(C)n3)cc2)CC1. The number of carbonyl (C=O) groups excluding carboxylic acids is 2. The maximum atomic E-state index is 12.8. The fourth-order valence-electron chi connectivity index (χ4n) is 3.40. The molecule has 9 heteroatoms. The van der Waals surface area contributed by atoms with Gasteiger partial charge in [-0.3, -0.25) is 14.5 Å². The minimum Gasteiger partial charge on any atom is -0.485 e. The third-order valence-electron chi connectivity index (χ3n) is 5.17. The number of aromatic nitrogens is 2. The van der Waals surface area contributed by atoms with Crippen molar-refractivity contribution >= 4 is 11.8 Å². The van der Waals surface area contributed by atoms with Crippen molar-refractivity contribution in [1.82, 2.24) is 24.8 Å². The molecule has 0 radical (unpaired) electrons. The summed E-state index contributed by atoms with van der Waals surface area (Å²) in [6.07, 6.45) is 0. The van der Waals surface area contributed by atoms with Crippen LogP contribution >= 0.6 is 0 Å². The van der Waals surface area contributed by atoms with Crippen LogP contribution in [0.1, 0.15) is 35.9 Å². The number of hydrogen-bond acceptors (Lipinski definition) is 7. The van der Waals surface area contributed by atoms with E-state index in [9.17, 15) is 9.59 Å². The minimum absolute atomic E-state index is 0.00920. The highest BCUT2D eigenvalue weighted by atomic mass is 16.5. The lowest BCUT2D eigenvalue weighted by molar-refractivity contribution is -0.132. The number of hydrogen-bond donors (Lipinski definition) is 0. The molecule has 162 valence electrons. The largest absolute Gasteiger partial charge is 0.485 e. The Morgan fingerprint density at radius 1 is 1.10 bits per heavy atom. The Morgan fingerprint density at radius 3 is 2.33 bits per heavy atom. The van der Waals surface area contributed by atoms with Crippen LogP contribution in [0.25, 0.3) is 0 Å². The summed E-state index contributed by atoms with van der Waals surface area (Å²) in [5, 5.41) is 3.78. The van der Waals surface area contributed by atoms with E-state index in [0.29, 0.717) is 55.8 Å². The first-order chi connectivity index (χ1) is 14.5. The zero-order chi connectivity index (χ0) is 21.5. The second-order valence-electron chi connectivity index (χ2n) is 7.18. The molecule has 0 saturated carbocycles. The van der Waals surface area contributed by atoms with Gasteiger partial charge in [0.25, 0.3) is 5.91 Å². The molecule has 0 spiro atoms. The molecule has 9 nitrogen and oxygen atoms in total. The van der Waals surface area contributed by atoms with E-state index in [1.165, 1.54) is 0 Å². The molecule has 1 aromatic heterocycles. The average molecular weight is 415 g/mol. The second-order valence-corrected chi connectivity index (χ2v) is 7.18. The molecular weight excluding hydrogens is 386 g/mol. The van der Waals surface area contributed by atoms with Crippen molar-refractivity contribution in [3.63, 3.8) is 0 Å². The summed E-state index contributed by atoms with van der Waals surface area (Å²) in [6.45, 7) is 10.4. The summed E-state index contributed by atoms with van der Waals surface area (Å²) in [6, 6.07) is 7.04. The number of likely N-dealkylation sites (N-methyl/N-ethyl adjacent to an activating group) is 1. The molecule has 0 aliphatic carbocycles. The molecular formula is C21H29N5O4. The third-order valence-corrected chi connectivity index (χ3v) is 5.17. The standard InChI is InChI=1S/C21H29N5O4/c1-4-25(5-2)20(27)14-24-10-12-26(13-11-24)21(28)17-6-8-18(9-7-17)29-15-19-22-16(3)30-23-19/h6-9H,4-5,10-15H2,1-3H3. The first-order valence-corrected chi connectivity index (χ1v) is 10.3. The Morgan fingerprint density at radius 2 is 1.77 bits per heavy atom. The smallest absolute Gasteiger partial charge is 0.253 e. The Hall–Kier alpha value is -2.94. The van der Waals surface area contributed by atoms with Crippen molar-refractivity contribution < 1.29 is 18.8 Å². The van der Waals surface area contributed by atoms with Gasteiger partial charge in [0.05, 0.1) is 6.54 Å². The Labute approximate surface area is 176 Å². The third kappa shape index (κ3) is 5.56. The first kappa shape index (κ1) is 21.8. The Balaban J connectivity index is 1.47. The number of ether oxygens (including phenoxy) is 1. The van der Waals surface area contributed by atoms with Gasteiger partial charge in [-0.15, -0.1) is 0 Å². The van der Waals surface area contributed by atoms with E-state index in [1.54, 1.807) is 31.2 Å². The van der Waals surface area contributed by atoms with E-state index >= 15 is 0 Å². The molecule has 2 amide bonds. The van der Waals surface area contributed by atoms with E-state index < -0.39 is 0 Å². The predicted molar refractivity (Wildman–Crippen MR) is 110 cm³/mol. The van der Waals surface area contributed by atoms with Crippen molar-refractivity contribution in [1.29, 1.82) is 0 Å². The van der Waals surface area contributed by atoms with Crippen molar-refractivity contribution in [2.24, 2.45) is 0 Å². The molecule has 1 saturated heterocycles. The van der Waals surface area contributed by atoms with Crippen LogP contribution in [0.3, 0.4) is 0 Å². The monoisotopic (exact) mass is 415 g/mol. The van der Waals surface area contributed by atoms with E-state index in [0.717, 1.165) is 13.1 Å². The molecule has 0 atom stereocenters. The summed E-state index contributed by atoms with van der Waals surface area (Å²) in [5.41, 5.74) is 0.616. The van der Waals surface area contributed by atoms with Gasteiger partial charge in [0.15, 0.2) is 6.61 Å². The molecule has 0 bridgehead atoms. The van der Waals surface area contributed by atoms with Crippen LogP contribution in [0.2, 0.25) is 0 Å². The normalized spacial score (nSPS) is 14.6. The number of rotatable bonds is 8. The Bertz CT molecular complexity index is 839. The lowest BCUT2D eigenvalue weighted by atomic mass is 10.1. The zero-order valence-electron chi connectivity index (χ0n) is 17.8. The number of carbonyl (C=O) groups is 2. The second kappa shape index (κ2) is 10.2. The van der Waals surface area contributed by atoms with Gasteiger partial charge < -0.3 is 19.1 Å². The van der Waals surface area contributed by atoms with E-state index in [4.69, 9.17) is 9.26 Å². The first-order valence-electron chi connectivity index (χ1n) is 10.3. The highest BCUT2D eigenvalue weighted by Gasteiger charge is 2.24. The molecule has 3 rings (SSSR count). The van der Waals surface area contributed by atoms with Crippen LogP contribution in [0.4, 0.5) is 0 Å². The molecule has 0 N–H and O–H groups in total. The highest BCUT2D eigenvalue weighted by molar-refractivity contribution is 5.94. The molecule has 2 heterocycles. The number of piperazine rings is 1. The maximum Gasteiger partial charge on any atom is 0.253 e. The fourth-order valence-corrected chi connectivity index (χ4v) is 3.40. The van der Waals surface area contributed by atoms with Gasteiger partial charge in [0.2, 0.25) is 17.6 Å². The number of benzene rings is 1.